The third-order valence-electron chi connectivity index (χ3n) is 11.8. The van der Waals surface area contributed by atoms with Crippen LogP contribution in [0.2, 0.25) is 0 Å². The Kier molecular flexibility index (Phi) is 46.1. The van der Waals surface area contributed by atoms with Gasteiger partial charge in [-0.2, -0.15) is 0 Å². The van der Waals surface area contributed by atoms with Crippen molar-refractivity contribution < 1.29 is 43.9 Å². The maximum Gasteiger partial charge on any atom is 0.309 e. The van der Waals surface area contributed by atoms with E-state index in [0.717, 1.165) is 154 Å². The summed E-state index contributed by atoms with van der Waals surface area (Å²) in [7, 11) is 0. The highest BCUT2D eigenvalue weighted by atomic mass is 16.8. The lowest BCUT2D eigenvalue weighted by Gasteiger charge is -2.44. The molecule has 9 heteroatoms. The highest BCUT2D eigenvalue weighted by Crippen LogP contribution is 2.38. The Hall–Kier alpha value is -4.05. The van der Waals surface area contributed by atoms with Gasteiger partial charge in [-0.15, -0.1) is 0 Å². The molecule has 0 aromatic heterocycles. The summed E-state index contributed by atoms with van der Waals surface area (Å²) in [5.74, 6) is -4.50. The van der Waals surface area contributed by atoms with E-state index in [4.69, 9.17) is 14.2 Å². The molecule has 0 saturated carbocycles. The molecule has 0 fully saturated rings. The van der Waals surface area contributed by atoms with Crippen molar-refractivity contribution in [2.24, 2.45) is 5.41 Å². The average Bonchev–Trinajstić information content (AvgIpc) is 3.35. The van der Waals surface area contributed by atoms with Crippen LogP contribution in [0.4, 0.5) is 0 Å². The number of aliphatic hydroxyl groups is 3. The van der Waals surface area contributed by atoms with E-state index in [9.17, 15) is 29.7 Å². The monoisotopic (exact) mass is 963 g/mol. The van der Waals surface area contributed by atoms with Crippen molar-refractivity contribution in [1.29, 1.82) is 0 Å². The average molecular weight is 963 g/mol. The molecule has 0 saturated heterocycles. The predicted molar refractivity (Wildman–Crippen MR) is 287 cm³/mol. The molecule has 0 heterocycles. The van der Waals surface area contributed by atoms with Crippen LogP contribution < -0.4 is 0 Å². The van der Waals surface area contributed by atoms with Gasteiger partial charge in [0.05, 0.1) is 19.8 Å². The molecule has 392 valence electrons. The minimum absolute atomic E-state index is 0.0163. The van der Waals surface area contributed by atoms with E-state index in [0.29, 0.717) is 19.3 Å². The number of carbonyl (C=O) groups excluding carboxylic acids is 3. The highest BCUT2D eigenvalue weighted by Gasteiger charge is 2.59. The topological polar surface area (TPSA) is 140 Å². The predicted octanol–water partition coefficient (Wildman–Crippen LogP) is 15.0. The number of unbranched alkanes of at least 4 members (excludes halogenated alkanes) is 15. The first-order chi connectivity index (χ1) is 33.8. The van der Waals surface area contributed by atoms with Gasteiger partial charge in [0.25, 0.3) is 0 Å². The minimum Gasteiger partial charge on any atom is -0.457 e. The molecule has 0 aliphatic heterocycles. The van der Waals surface area contributed by atoms with Crippen molar-refractivity contribution >= 4 is 17.9 Å². The summed E-state index contributed by atoms with van der Waals surface area (Å²) >= 11 is 0. The first-order valence-corrected chi connectivity index (χ1v) is 27.1. The second-order valence-corrected chi connectivity index (χ2v) is 17.9. The molecule has 0 aromatic carbocycles. The molecule has 0 aromatic rings. The summed E-state index contributed by atoms with van der Waals surface area (Å²) in [6.45, 7) is 2.93. The fourth-order valence-corrected chi connectivity index (χ4v) is 7.34. The van der Waals surface area contributed by atoms with Gasteiger partial charge in [0.15, 0.2) is 6.61 Å². The van der Waals surface area contributed by atoms with Gasteiger partial charge in [0, 0.05) is 19.3 Å². The number of aliphatic hydroxyl groups excluding tert-OH is 3. The van der Waals surface area contributed by atoms with Crippen LogP contribution in [0.15, 0.2) is 109 Å². The molecule has 0 unspecified atom stereocenters. The Morgan fingerprint density at radius 2 is 0.609 bits per heavy atom. The zero-order chi connectivity index (χ0) is 50.6. The molecule has 69 heavy (non-hydrogen) atoms. The number of hydrogen-bond acceptors (Lipinski definition) is 9. The van der Waals surface area contributed by atoms with Crippen molar-refractivity contribution in [3.63, 3.8) is 0 Å². The van der Waals surface area contributed by atoms with Gasteiger partial charge in [0.1, 0.15) is 5.41 Å². The molecule has 0 atom stereocenters. The van der Waals surface area contributed by atoms with E-state index in [-0.39, 0.29) is 19.3 Å². The van der Waals surface area contributed by atoms with Crippen LogP contribution in [0.25, 0.3) is 0 Å². The molecule has 0 aliphatic carbocycles. The maximum atomic E-state index is 13.5. The van der Waals surface area contributed by atoms with Crippen molar-refractivity contribution in [3.8, 4) is 0 Å². The second-order valence-electron chi connectivity index (χ2n) is 17.9. The molecule has 0 radical (unpaired) electrons. The van der Waals surface area contributed by atoms with Gasteiger partial charge >= 0.3 is 23.7 Å². The third-order valence-corrected chi connectivity index (χ3v) is 11.8. The molecule has 9 nitrogen and oxygen atoms in total. The van der Waals surface area contributed by atoms with Crippen LogP contribution in [-0.2, 0) is 28.6 Å². The number of esters is 3. The number of carbonyl (C=O) groups is 3. The van der Waals surface area contributed by atoms with Gasteiger partial charge in [-0.1, -0.05) is 188 Å². The fourth-order valence-electron chi connectivity index (χ4n) is 7.34. The van der Waals surface area contributed by atoms with Crippen LogP contribution in [-0.4, -0.2) is 65.4 Å². The van der Waals surface area contributed by atoms with Crippen molar-refractivity contribution in [2.45, 2.75) is 219 Å². The highest BCUT2D eigenvalue weighted by molar-refractivity contribution is 5.73. The van der Waals surface area contributed by atoms with Gasteiger partial charge in [0.2, 0.25) is 0 Å². The second kappa shape index (κ2) is 49.0. The molecule has 0 rings (SSSR count). The van der Waals surface area contributed by atoms with Gasteiger partial charge in [-0.25, -0.2) is 0 Å². The van der Waals surface area contributed by atoms with Crippen LogP contribution in [0.5, 0.6) is 0 Å². The summed E-state index contributed by atoms with van der Waals surface area (Å²) in [5, 5.41) is 31.8. The van der Waals surface area contributed by atoms with Gasteiger partial charge < -0.3 is 29.5 Å². The number of ether oxygens (including phenoxy) is 3. The summed E-state index contributed by atoms with van der Waals surface area (Å²) in [6, 6.07) is 0. The lowest BCUT2D eigenvalue weighted by atomic mass is 9.81. The normalized spacial score (nSPS) is 13.0. The van der Waals surface area contributed by atoms with E-state index < -0.39 is 55.5 Å². The molecule has 0 bridgehead atoms. The van der Waals surface area contributed by atoms with Gasteiger partial charge in [-0.3, -0.25) is 14.4 Å². The van der Waals surface area contributed by atoms with Gasteiger partial charge in [-0.05, 0) is 116 Å². The fraction of sp³-hybridized carbons (Fsp3) is 0.650. The van der Waals surface area contributed by atoms with Crippen LogP contribution in [0.3, 0.4) is 0 Å². The van der Waals surface area contributed by atoms with E-state index in [1.165, 1.54) is 0 Å². The lowest BCUT2D eigenvalue weighted by molar-refractivity contribution is -0.306. The van der Waals surface area contributed by atoms with Crippen LogP contribution in [0, 0.1) is 5.41 Å². The summed E-state index contributed by atoms with van der Waals surface area (Å²) in [5.41, 5.74) is -2.04. The maximum absolute atomic E-state index is 13.5. The van der Waals surface area contributed by atoms with Crippen LogP contribution >= 0.6 is 0 Å². The SMILES string of the molecule is CC/C=C\C/C=C\C/C=C\CCCCCCCC(=O)OCC(OC(=O)CCCCCCC/C=C\C/C=C\C/C=C\CC)(OC(=O)CCCCCCC/C=C\C/C=C\C/C=C\CC)C(CO)(CO)CO. The Morgan fingerprint density at radius 1 is 0.348 bits per heavy atom. The molecular formula is C60H98O9. The quantitative estimate of drug-likeness (QED) is 0.0235. The first kappa shape index (κ1) is 65.0. The summed E-state index contributed by atoms with van der Waals surface area (Å²) < 4.78 is 17.4. The summed E-state index contributed by atoms with van der Waals surface area (Å²) in [4.78, 5) is 40.1. The summed E-state index contributed by atoms with van der Waals surface area (Å²) in [6.07, 6.45) is 64.2. The molecule has 3 N–H and O–H groups in total. The molecule has 0 aliphatic rings. The Bertz CT molecular complexity index is 1430. The first-order valence-electron chi connectivity index (χ1n) is 27.1. The lowest BCUT2D eigenvalue weighted by Crippen LogP contribution is -2.63. The van der Waals surface area contributed by atoms with E-state index in [1.54, 1.807) is 0 Å². The van der Waals surface area contributed by atoms with Crippen molar-refractivity contribution in [2.75, 3.05) is 26.4 Å². The Morgan fingerprint density at radius 3 is 0.913 bits per heavy atom. The van der Waals surface area contributed by atoms with Crippen molar-refractivity contribution in [3.05, 3.63) is 109 Å². The third kappa shape index (κ3) is 37.5. The Balaban J connectivity index is 5.35. The minimum atomic E-state index is -2.44. The Labute approximate surface area is 420 Å². The van der Waals surface area contributed by atoms with E-state index in [2.05, 4.69) is 130 Å². The van der Waals surface area contributed by atoms with E-state index >= 15 is 0 Å². The van der Waals surface area contributed by atoms with Crippen molar-refractivity contribution in [1.82, 2.24) is 0 Å². The zero-order valence-electron chi connectivity index (χ0n) is 43.7. The number of rotatable bonds is 47. The largest absolute Gasteiger partial charge is 0.457 e. The number of allylic oxidation sites excluding steroid dienone is 18. The smallest absolute Gasteiger partial charge is 0.309 e. The number of hydrogen-bond donors (Lipinski definition) is 3. The standard InChI is InChI=1S/C60H98O9/c1-4-7-10-13-16-19-22-25-28-31-34-37-40-43-46-49-56(64)67-55-60(59(52-61,53-62)54-63,68-57(65)50-47-44-41-38-35-32-29-26-23-20-17-14-11-8-5-2)69-58(66)51-48-45-42-39-36-33-30-27-24-21-18-15-12-9-6-3/h7-12,16-21,25-30,61-63H,4-6,13-15,22-24,31-55H2,1-3H3/b10-7-,11-8-,12-9-,19-16-,20-17-,21-18-,28-25-,29-26-,30-27-. The van der Waals surface area contributed by atoms with Crippen LogP contribution in [0.1, 0.15) is 213 Å². The zero-order valence-corrected chi connectivity index (χ0v) is 43.7. The molecular weight excluding hydrogens is 865 g/mol. The molecule has 0 amide bonds. The van der Waals surface area contributed by atoms with E-state index in [1.807, 2.05) is 0 Å². The molecule has 0 spiro atoms.